The predicted molar refractivity (Wildman–Crippen MR) is 66.6 cm³/mol. The minimum Gasteiger partial charge on any atom is -0.507 e. The summed E-state index contributed by atoms with van der Waals surface area (Å²) < 4.78 is 5.49. The molecule has 1 aromatic heterocycles. The van der Waals surface area contributed by atoms with Gasteiger partial charge in [0.2, 0.25) is 0 Å². The molecule has 19 heavy (non-hydrogen) atoms. The second-order valence-corrected chi connectivity index (χ2v) is 4.46. The summed E-state index contributed by atoms with van der Waals surface area (Å²) in [4.78, 5) is 10.9. The Morgan fingerprint density at radius 3 is 2.95 bits per heavy atom. The van der Waals surface area contributed by atoms with Gasteiger partial charge in [-0.25, -0.2) is 4.79 Å². The number of aromatic nitrogens is 2. The van der Waals surface area contributed by atoms with Crippen molar-refractivity contribution in [2.75, 3.05) is 6.61 Å². The van der Waals surface area contributed by atoms with E-state index in [1.165, 1.54) is 6.07 Å². The number of hydrogen-bond donors (Lipinski definition) is 3. The molecule has 0 amide bonds. The van der Waals surface area contributed by atoms with E-state index in [0.29, 0.717) is 29.8 Å². The molecule has 1 aliphatic heterocycles. The number of aryl methyl sites for hydroxylation is 1. The van der Waals surface area contributed by atoms with Gasteiger partial charge in [0.25, 0.3) is 0 Å². The maximum atomic E-state index is 10.9. The van der Waals surface area contributed by atoms with Crippen molar-refractivity contribution < 1.29 is 19.7 Å². The number of phenols is 1. The van der Waals surface area contributed by atoms with E-state index in [0.717, 1.165) is 11.3 Å². The summed E-state index contributed by atoms with van der Waals surface area (Å²) in [5.41, 5.74) is 2.50. The smallest absolute Gasteiger partial charge is 0.353 e. The van der Waals surface area contributed by atoms with Crippen LogP contribution in [0, 0.1) is 6.92 Å². The molecule has 3 N–H and O–H groups in total. The molecule has 1 aromatic carbocycles. The van der Waals surface area contributed by atoms with Gasteiger partial charge in [0.1, 0.15) is 17.2 Å². The number of hydrogen-bond acceptors (Lipinski definition) is 4. The first kappa shape index (κ1) is 11.6. The summed E-state index contributed by atoms with van der Waals surface area (Å²) in [6.45, 7) is 2.33. The topological polar surface area (TPSA) is 95.4 Å². The van der Waals surface area contributed by atoms with E-state index in [-0.39, 0.29) is 11.4 Å². The number of fused-ring (bicyclic) bond motifs is 1. The minimum atomic E-state index is -1.08. The number of rotatable bonds is 2. The summed E-state index contributed by atoms with van der Waals surface area (Å²) in [6.07, 6.45) is 0.674. The normalized spacial score (nSPS) is 13.1. The zero-order valence-corrected chi connectivity index (χ0v) is 10.2. The molecule has 0 bridgehead atoms. The highest BCUT2D eigenvalue weighted by Gasteiger charge is 2.24. The molecule has 6 heteroatoms. The number of aromatic hydroxyl groups is 1. The van der Waals surface area contributed by atoms with Gasteiger partial charge in [0, 0.05) is 12.0 Å². The Bertz CT molecular complexity index is 676. The third kappa shape index (κ3) is 1.72. The molecule has 1 aliphatic rings. The highest BCUT2D eigenvalue weighted by Crippen LogP contribution is 2.42. The molecule has 0 spiro atoms. The maximum Gasteiger partial charge on any atom is 0.353 e. The van der Waals surface area contributed by atoms with Crippen LogP contribution in [0.2, 0.25) is 0 Å². The van der Waals surface area contributed by atoms with Crippen molar-refractivity contribution >= 4 is 5.97 Å². The van der Waals surface area contributed by atoms with Crippen LogP contribution in [-0.4, -0.2) is 33.0 Å². The number of carboxylic acid groups (broad SMARTS) is 1. The van der Waals surface area contributed by atoms with E-state index >= 15 is 0 Å². The Hall–Kier alpha value is -2.50. The third-order valence-electron chi connectivity index (χ3n) is 3.23. The molecule has 0 radical (unpaired) electrons. The number of nitrogens with zero attached hydrogens (tertiary/aromatic N) is 1. The number of aromatic carboxylic acids is 1. The van der Waals surface area contributed by atoms with Crippen LogP contribution in [-0.2, 0) is 6.42 Å². The SMILES string of the molecule is Cc1cc2c(c(-c3cc(C(=O)O)[nH]n3)c1O)CCO2. The van der Waals surface area contributed by atoms with Crippen LogP contribution < -0.4 is 4.74 Å². The van der Waals surface area contributed by atoms with Crippen molar-refractivity contribution in [2.24, 2.45) is 0 Å². The van der Waals surface area contributed by atoms with Crippen LogP contribution in [0.4, 0.5) is 0 Å². The molecule has 0 saturated carbocycles. The Labute approximate surface area is 108 Å². The fraction of sp³-hybridized carbons (Fsp3) is 0.231. The van der Waals surface area contributed by atoms with Crippen molar-refractivity contribution in [2.45, 2.75) is 13.3 Å². The van der Waals surface area contributed by atoms with E-state index in [1.54, 1.807) is 13.0 Å². The molecule has 0 aliphatic carbocycles. The van der Waals surface area contributed by atoms with Gasteiger partial charge in [0.15, 0.2) is 0 Å². The average Bonchev–Trinajstić information content (AvgIpc) is 2.99. The van der Waals surface area contributed by atoms with E-state index in [2.05, 4.69) is 10.2 Å². The fourth-order valence-corrected chi connectivity index (χ4v) is 2.29. The zero-order valence-electron chi connectivity index (χ0n) is 10.2. The monoisotopic (exact) mass is 260 g/mol. The lowest BCUT2D eigenvalue weighted by atomic mass is 9.98. The lowest BCUT2D eigenvalue weighted by molar-refractivity contribution is 0.0690. The molecular formula is C13H12N2O4. The van der Waals surface area contributed by atoms with Gasteiger partial charge >= 0.3 is 5.97 Å². The highest BCUT2D eigenvalue weighted by molar-refractivity contribution is 5.88. The Kier molecular flexibility index (Phi) is 2.45. The molecule has 0 saturated heterocycles. The molecule has 0 fully saturated rings. The number of H-pyrrole nitrogens is 1. The van der Waals surface area contributed by atoms with Gasteiger partial charge in [-0.1, -0.05) is 0 Å². The molecule has 2 heterocycles. The second kappa shape index (κ2) is 4.01. The summed E-state index contributed by atoms with van der Waals surface area (Å²) in [5.74, 6) is -0.239. The standard InChI is InChI=1S/C13H12N2O4/c1-6-4-10-7(2-3-19-10)11(12(6)16)8-5-9(13(17)18)15-14-8/h4-5,16H,2-3H2,1H3,(H,14,15)(H,17,18). The third-order valence-corrected chi connectivity index (χ3v) is 3.23. The van der Waals surface area contributed by atoms with Crippen LogP contribution in [0.1, 0.15) is 21.6 Å². The van der Waals surface area contributed by atoms with Gasteiger partial charge in [-0.05, 0) is 24.6 Å². The van der Waals surface area contributed by atoms with E-state index in [9.17, 15) is 9.90 Å². The molecule has 0 atom stereocenters. The average molecular weight is 260 g/mol. The fourth-order valence-electron chi connectivity index (χ4n) is 2.29. The van der Waals surface area contributed by atoms with Gasteiger partial charge in [0.05, 0.1) is 17.9 Å². The molecular weight excluding hydrogens is 248 g/mol. The number of nitrogens with one attached hydrogen (secondary N) is 1. The molecule has 6 nitrogen and oxygen atoms in total. The molecule has 0 unspecified atom stereocenters. The highest BCUT2D eigenvalue weighted by atomic mass is 16.5. The van der Waals surface area contributed by atoms with Crippen molar-refractivity contribution in [1.82, 2.24) is 10.2 Å². The van der Waals surface area contributed by atoms with E-state index < -0.39 is 5.97 Å². The molecule has 3 rings (SSSR count). The summed E-state index contributed by atoms with van der Waals surface area (Å²) in [5, 5.41) is 25.5. The lowest BCUT2D eigenvalue weighted by Gasteiger charge is -2.10. The van der Waals surface area contributed by atoms with Crippen LogP contribution >= 0.6 is 0 Å². The van der Waals surface area contributed by atoms with Crippen molar-refractivity contribution in [3.8, 4) is 22.8 Å². The van der Waals surface area contributed by atoms with Crippen molar-refractivity contribution in [1.29, 1.82) is 0 Å². The molecule has 98 valence electrons. The van der Waals surface area contributed by atoms with Crippen LogP contribution in [0.3, 0.4) is 0 Å². The zero-order chi connectivity index (χ0) is 13.6. The largest absolute Gasteiger partial charge is 0.507 e. The van der Waals surface area contributed by atoms with Crippen LogP contribution in [0.15, 0.2) is 12.1 Å². The number of ether oxygens (including phenoxy) is 1. The summed E-state index contributed by atoms with van der Waals surface area (Å²) in [6, 6.07) is 3.20. The first-order chi connectivity index (χ1) is 9.08. The van der Waals surface area contributed by atoms with Crippen LogP contribution in [0.25, 0.3) is 11.3 Å². The lowest BCUT2D eigenvalue weighted by Crippen LogP contribution is -1.95. The minimum absolute atomic E-state index is 0.0106. The van der Waals surface area contributed by atoms with E-state index in [4.69, 9.17) is 9.84 Å². The van der Waals surface area contributed by atoms with Gasteiger partial charge in [-0.2, -0.15) is 5.10 Å². The Balaban J connectivity index is 2.21. The predicted octanol–water partition coefficient (Wildman–Crippen LogP) is 1.72. The second-order valence-electron chi connectivity index (χ2n) is 4.46. The van der Waals surface area contributed by atoms with Gasteiger partial charge in [-0.3, -0.25) is 5.10 Å². The first-order valence-electron chi connectivity index (χ1n) is 5.85. The quantitative estimate of drug-likeness (QED) is 0.764. The van der Waals surface area contributed by atoms with Gasteiger partial charge < -0.3 is 14.9 Å². The number of aromatic amines is 1. The summed E-state index contributed by atoms with van der Waals surface area (Å²) >= 11 is 0. The Morgan fingerprint density at radius 2 is 2.26 bits per heavy atom. The van der Waals surface area contributed by atoms with Crippen molar-refractivity contribution in [3.63, 3.8) is 0 Å². The first-order valence-corrected chi connectivity index (χ1v) is 5.85. The van der Waals surface area contributed by atoms with Crippen LogP contribution in [0.5, 0.6) is 11.5 Å². The number of carboxylic acids is 1. The molecule has 2 aromatic rings. The number of carbonyl (C=O) groups is 1. The maximum absolute atomic E-state index is 10.9. The number of phenolic OH excluding ortho intramolecular Hbond substituents is 1. The van der Waals surface area contributed by atoms with Crippen molar-refractivity contribution in [3.05, 3.63) is 29.0 Å². The Morgan fingerprint density at radius 1 is 1.47 bits per heavy atom. The summed E-state index contributed by atoms with van der Waals surface area (Å²) in [7, 11) is 0. The van der Waals surface area contributed by atoms with E-state index in [1.807, 2.05) is 0 Å². The number of benzene rings is 1. The van der Waals surface area contributed by atoms with Gasteiger partial charge in [-0.15, -0.1) is 0 Å².